The maximum atomic E-state index is 12.3. The molecule has 0 atom stereocenters. The Morgan fingerprint density at radius 2 is 1.79 bits per heavy atom. The molecule has 2 N–H and O–H groups in total. The van der Waals surface area contributed by atoms with Crippen molar-refractivity contribution in [2.45, 2.75) is 18.2 Å². The molecule has 0 aliphatic heterocycles. The van der Waals surface area contributed by atoms with Gasteiger partial charge < -0.3 is 10.2 Å². The Morgan fingerprint density at radius 1 is 1.21 bits per heavy atom. The number of hydrogen-bond acceptors (Lipinski definition) is 4. The molecule has 0 saturated carbocycles. The predicted octanol–water partition coefficient (Wildman–Crippen LogP) is 0.778. The van der Waals surface area contributed by atoms with Gasteiger partial charge in [0.2, 0.25) is 10.0 Å². The third-order valence-corrected chi connectivity index (χ3v) is 4.47. The van der Waals surface area contributed by atoms with Crippen molar-refractivity contribution < 1.29 is 23.4 Å². The molecule has 0 aliphatic rings. The maximum absolute atomic E-state index is 12.3. The van der Waals surface area contributed by atoms with E-state index < -0.39 is 16.0 Å². The minimum atomic E-state index is -3.69. The van der Waals surface area contributed by atoms with Gasteiger partial charge in [-0.15, -0.1) is 0 Å². The van der Waals surface area contributed by atoms with E-state index in [1.807, 2.05) is 6.92 Å². The molecular formula is C12H17NO5S. The summed E-state index contributed by atoms with van der Waals surface area (Å²) in [6, 6.07) is 5.02. The summed E-state index contributed by atoms with van der Waals surface area (Å²) >= 11 is 0. The van der Waals surface area contributed by atoms with Crippen molar-refractivity contribution in [3.63, 3.8) is 0 Å². The quantitative estimate of drug-likeness (QED) is 0.772. The fourth-order valence-electron chi connectivity index (χ4n) is 1.63. The summed E-state index contributed by atoms with van der Waals surface area (Å²) < 4.78 is 25.7. The summed E-state index contributed by atoms with van der Waals surface area (Å²) in [4.78, 5) is 10.7. The fraction of sp³-hybridized carbons (Fsp3) is 0.417. The van der Waals surface area contributed by atoms with Gasteiger partial charge in [0.15, 0.2) is 0 Å². The summed E-state index contributed by atoms with van der Waals surface area (Å²) in [7, 11) is -3.69. The first-order valence-electron chi connectivity index (χ1n) is 5.87. The van der Waals surface area contributed by atoms with Crippen LogP contribution in [0.2, 0.25) is 0 Å². The Bertz CT molecular complexity index is 518. The molecule has 0 spiro atoms. The Balaban J connectivity index is 3.07. The second-order valence-corrected chi connectivity index (χ2v) is 5.90. The molecule has 1 rings (SSSR count). The molecule has 0 aromatic heterocycles. The van der Waals surface area contributed by atoms with Crippen LogP contribution in [0.4, 0.5) is 0 Å². The molecule has 0 heterocycles. The summed E-state index contributed by atoms with van der Waals surface area (Å²) in [6.07, 6.45) is 0.631. The van der Waals surface area contributed by atoms with Gasteiger partial charge in [-0.25, -0.2) is 13.2 Å². The van der Waals surface area contributed by atoms with Crippen LogP contribution in [0, 0.1) is 0 Å². The number of aromatic carboxylic acids is 1. The molecule has 19 heavy (non-hydrogen) atoms. The lowest BCUT2D eigenvalue weighted by atomic mass is 10.2. The lowest BCUT2D eigenvalue weighted by Crippen LogP contribution is -2.34. The van der Waals surface area contributed by atoms with Gasteiger partial charge >= 0.3 is 5.97 Å². The number of nitrogens with zero attached hydrogens (tertiary/aromatic N) is 1. The molecule has 0 aliphatic carbocycles. The highest BCUT2D eigenvalue weighted by molar-refractivity contribution is 7.89. The van der Waals surface area contributed by atoms with Crippen LogP contribution < -0.4 is 0 Å². The summed E-state index contributed by atoms with van der Waals surface area (Å²) in [5, 5.41) is 17.7. The second-order valence-electron chi connectivity index (χ2n) is 3.96. The SMILES string of the molecule is CCCN(CCO)S(=O)(=O)c1ccc(C(=O)O)cc1. The summed E-state index contributed by atoms with van der Waals surface area (Å²) in [6.45, 7) is 1.92. The van der Waals surface area contributed by atoms with Gasteiger partial charge in [-0.2, -0.15) is 4.31 Å². The zero-order valence-electron chi connectivity index (χ0n) is 10.6. The molecule has 6 nitrogen and oxygen atoms in total. The van der Waals surface area contributed by atoms with Crippen LogP contribution in [-0.2, 0) is 10.0 Å². The van der Waals surface area contributed by atoms with Crippen LogP contribution in [0.3, 0.4) is 0 Å². The third kappa shape index (κ3) is 3.76. The van der Waals surface area contributed by atoms with Gasteiger partial charge in [0.1, 0.15) is 0 Å². The highest BCUT2D eigenvalue weighted by Gasteiger charge is 2.23. The number of carboxylic acids is 1. The minimum Gasteiger partial charge on any atom is -0.478 e. The first-order chi connectivity index (χ1) is 8.93. The number of benzene rings is 1. The van der Waals surface area contributed by atoms with E-state index in [4.69, 9.17) is 10.2 Å². The van der Waals surface area contributed by atoms with Crippen LogP contribution in [0.1, 0.15) is 23.7 Å². The van der Waals surface area contributed by atoms with E-state index >= 15 is 0 Å². The van der Waals surface area contributed by atoms with Crippen molar-refractivity contribution in [3.05, 3.63) is 29.8 Å². The van der Waals surface area contributed by atoms with Gasteiger partial charge in [0.25, 0.3) is 0 Å². The molecule has 1 aromatic carbocycles. The van der Waals surface area contributed by atoms with E-state index in [0.29, 0.717) is 13.0 Å². The number of carbonyl (C=O) groups is 1. The molecular weight excluding hydrogens is 270 g/mol. The largest absolute Gasteiger partial charge is 0.478 e. The molecule has 0 unspecified atom stereocenters. The monoisotopic (exact) mass is 287 g/mol. The number of hydrogen-bond donors (Lipinski definition) is 2. The van der Waals surface area contributed by atoms with Crippen molar-refractivity contribution in [2.75, 3.05) is 19.7 Å². The van der Waals surface area contributed by atoms with E-state index in [9.17, 15) is 13.2 Å². The molecule has 106 valence electrons. The van der Waals surface area contributed by atoms with Gasteiger partial charge in [0.05, 0.1) is 17.1 Å². The van der Waals surface area contributed by atoms with Crippen molar-refractivity contribution in [1.29, 1.82) is 0 Å². The Kier molecular flexibility index (Phi) is 5.46. The minimum absolute atomic E-state index is 0.0247. The molecule has 0 radical (unpaired) electrons. The highest BCUT2D eigenvalue weighted by Crippen LogP contribution is 2.16. The Labute approximate surface area is 112 Å². The number of rotatable bonds is 7. The Morgan fingerprint density at radius 3 is 2.21 bits per heavy atom. The number of aliphatic hydroxyl groups excluding tert-OH is 1. The molecule has 1 aromatic rings. The normalized spacial score (nSPS) is 11.7. The van der Waals surface area contributed by atoms with Crippen molar-refractivity contribution >= 4 is 16.0 Å². The predicted molar refractivity (Wildman–Crippen MR) is 69.5 cm³/mol. The lowest BCUT2D eigenvalue weighted by molar-refractivity contribution is 0.0696. The Hall–Kier alpha value is -1.44. The zero-order chi connectivity index (χ0) is 14.5. The average Bonchev–Trinajstić information content (AvgIpc) is 2.38. The van der Waals surface area contributed by atoms with Crippen LogP contribution in [0.15, 0.2) is 29.2 Å². The molecule has 0 amide bonds. The van der Waals surface area contributed by atoms with Gasteiger partial charge in [-0.3, -0.25) is 0 Å². The lowest BCUT2D eigenvalue weighted by Gasteiger charge is -2.20. The van der Waals surface area contributed by atoms with Crippen molar-refractivity contribution in [2.24, 2.45) is 0 Å². The third-order valence-electron chi connectivity index (χ3n) is 2.56. The van der Waals surface area contributed by atoms with Crippen molar-refractivity contribution in [1.82, 2.24) is 4.31 Å². The average molecular weight is 287 g/mol. The van der Waals surface area contributed by atoms with Crippen LogP contribution in [-0.4, -0.2) is 48.6 Å². The van der Waals surface area contributed by atoms with E-state index in [2.05, 4.69) is 0 Å². The topological polar surface area (TPSA) is 94.9 Å². The standard InChI is InChI=1S/C12H17NO5S/c1-2-7-13(8-9-14)19(17,18)11-5-3-10(4-6-11)12(15)16/h3-6,14H,2,7-9H2,1H3,(H,15,16). The highest BCUT2D eigenvalue weighted by atomic mass is 32.2. The zero-order valence-corrected chi connectivity index (χ0v) is 11.4. The van der Waals surface area contributed by atoms with E-state index in [1.54, 1.807) is 0 Å². The second kappa shape index (κ2) is 6.65. The van der Waals surface area contributed by atoms with E-state index in [-0.39, 0.29) is 23.6 Å². The van der Waals surface area contributed by atoms with Crippen LogP contribution in [0.25, 0.3) is 0 Å². The van der Waals surface area contributed by atoms with Crippen LogP contribution in [0.5, 0.6) is 0 Å². The van der Waals surface area contributed by atoms with E-state index in [1.165, 1.54) is 28.6 Å². The molecule has 0 fully saturated rings. The first-order valence-corrected chi connectivity index (χ1v) is 7.31. The molecule has 0 saturated heterocycles. The number of aliphatic hydroxyl groups is 1. The summed E-state index contributed by atoms with van der Waals surface area (Å²) in [5.41, 5.74) is 0.0307. The van der Waals surface area contributed by atoms with Gasteiger partial charge in [0, 0.05) is 13.1 Å². The molecule has 7 heteroatoms. The van der Waals surface area contributed by atoms with Gasteiger partial charge in [-0.05, 0) is 30.7 Å². The van der Waals surface area contributed by atoms with E-state index in [0.717, 1.165) is 0 Å². The number of carboxylic acid groups (broad SMARTS) is 1. The van der Waals surface area contributed by atoms with Crippen LogP contribution >= 0.6 is 0 Å². The maximum Gasteiger partial charge on any atom is 0.335 e. The number of sulfonamides is 1. The molecule has 0 bridgehead atoms. The fourth-order valence-corrected chi connectivity index (χ4v) is 3.15. The summed E-state index contributed by atoms with van der Waals surface area (Å²) in [5.74, 6) is -1.11. The first kappa shape index (κ1) is 15.6. The smallest absolute Gasteiger partial charge is 0.335 e. The van der Waals surface area contributed by atoms with Crippen molar-refractivity contribution in [3.8, 4) is 0 Å². The van der Waals surface area contributed by atoms with Gasteiger partial charge in [-0.1, -0.05) is 6.92 Å².